The molecule has 1 saturated heterocycles. The maximum atomic E-state index is 2.52. The van der Waals surface area contributed by atoms with E-state index < -0.39 is 0 Å². The van der Waals surface area contributed by atoms with Crippen molar-refractivity contribution in [1.82, 2.24) is 4.90 Å². The molecule has 1 fully saturated rings. The molecule has 3 rings (SSSR count). The van der Waals surface area contributed by atoms with Gasteiger partial charge < -0.3 is 4.90 Å². The molecule has 22 heavy (non-hydrogen) atoms. The van der Waals surface area contributed by atoms with Gasteiger partial charge in [0, 0.05) is 38.4 Å². The van der Waals surface area contributed by atoms with Gasteiger partial charge in [-0.1, -0.05) is 60.2 Å². The SMILES string of the molecule is Cc1ccc(N2CCN(CC=Cc3ccccc3)CC2)cc1. The van der Waals surface area contributed by atoms with Gasteiger partial charge in [-0.25, -0.2) is 0 Å². The van der Waals surface area contributed by atoms with E-state index in [1.54, 1.807) is 0 Å². The number of piperazine rings is 1. The van der Waals surface area contributed by atoms with E-state index >= 15 is 0 Å². The fraction of sp³-hybridized carbons (Fsp3) is 0.300. The molecule has 0 aliphatic carbocycles. The summed E-state index contributed by atoms with van der Waals surface area (Å²) < 4.78 is 0. The predicted molar refractivity (Wildman–Crippen MR) is 95.3 cm³/mol. The minimum atomic E-state index is 1.04. The molecule has 2 aromatic rings. The van der Waals surface area contributed by atoms with Gasteiger partial charge in [-0.2, -0.15) is 0 Å². The van der Waals surface area contributed by atoms with Crippen molar-refractivity contribution in [3.63, 3.8) is 0 Å². The molecule has 0 N–H and O–H groups in total. The van der Waals surface area contributed by atoms with E-state index in [0.717, 1.165) is 32.7 Å². The number of benzene rings is 2. The Morgan fingerprint density at radius 1 is 0.864 bits per heavy atom. The Bertz CT molecular complexity index is 593. The molecule has 0 radical (unpaired) electrons. The summed E-state index contributed by atoms with van der Waals surface area (Å²) in [7, 11) is 0. The molecule has 0 bridgehead atoms. The molecule has 0 amide bonds. The van der Waals surface area contributed by atoms with Gasteiger partial charge in [-0.3, -0.25) is 4.90 Å². The van der Waals surface area contributed by atoms with Crippen LogP contribution in [-0.2, 0) is 0 Å². The van der Waals surface area contributed by atoms with Gasteiger partial charge in [-0.15, -0.1) is 0 Å². The van der Waals surface area contributed by atoms with Crippen LogP contribution in [0, 0.1) is 6.92 Å². The molecular weight excluding hydrogens is 268 g/mol. The van der Waals surface area contributed by atoms with Crippen molar-refractivity contribution >= 4 is 11.8 Å². The van der Waals surface area contributed by atoms with Crippen LogP contribution in [0.25, 0.3) is 6.08 Å². The zero-order valence-electron chi connectivity index (χ0n) is 13.3. The Labute approximate surface area is 133 Å². The van der Waals surface area contributed by atoms with Gasteiger partial charge in [0.25, 0.3) is 0 Å². The number of hydrogen-bond acceptors (Lipinski definition) is 2. The summed E-state index contributed by atoms with van der Waals surface area (Å²) in [5, 5.41) is 0. The highest BCUT2D eigenvalue weighted by molar-refractivity contribution is 5.49. The average Bonchev–Trinajstić information content (AvgIpc) is 2.57. The lowest BCUT2D eigenvalue weighted by molar-refractivity contribution is 0.284. The Kier molecular flexibility index (Phi) is 4.92. The topological polar surface area (TPSA) is 6.48 Å². The third kappa shape index (κ3) is 3.99. The minimum Gasteiger partial charge on any atom is -0.369 e. The van der Waals surface area contributed by atoms with Gasteiger partial charge in [0.05, 0.1) is 0 Å². The maximum Gasteiger partial charge on any atom is 0.0367 e. The molecule has 0 atom stereocenters. The molecule has 0 unspecified atom stereocenters. The van der Waals surface area contributed by atoms with Crippen LogP contribution in [0.5, 0.6) is 0 Å². The minimum absolute atomic E-state index is 1.04. The van der Waals surface area contributed by atoms with Crippen molar-refractivity contribution in [2.45, 2.75) is 6.92 Å². The second-order valence-corrected chi connectivity index (χ2v) is 5.94. The third-order valence-corrected chi connectivity index (χ3v) is 4.24. The van der Waals surface area contributed by atoms with Gasteiger partial charge in [0.1, 0.15) is 0 Å². The first kappa shape index (κ1) is 14.9. The summed E-state index contributed by atoms with van der Waals surface area (Å²) >= 11 is 0. The first-order valence-electron chi connectivity index (χ1n) is 8.07. The molecule has 1 heterocycles. The van der Waals surface area contributed by atoms with Crippen molar-refractivity contribution in [1.29, 1.82) is 0 Å². The van der Waals surface area contributed by atoms with Crippen LogP contribution < -0.4 is 4.90 Å². The van der Waals surface area contributed by atoms with Gasteiger partial charge >= 0.3 is 0 Å². The second kappa shape index (κ2) is 7.28. The Hall–Kier alpha value is -2.06. The van der Waals surface area contributed by atoms with Crippen molar-refractivity contribution in [3.05, 3.63) is 71.8 Å². The molecule has 1 aliphatic heterocycles. The third-order valence-electron chi connectivity index (χ3n) is 4.24. The number of anilines is 1. The van der Waals surface area contributed by atoms with Gasteiger partial charge in [0.2, 0.25) is 0 Å². The Morgan fingerprint density at radius 3 is 2.23 bits per heavy atom. The van der Waals surface area contributed by atoms with Crippen LogP contribution in [-0.4, -0.2) is 37.6 Å². The van der Waals surface area contributed by atoms with E-state index in [0.29, 0.717) is 0 Å². The van der Waals surface area contributed by atoms with Crippen LogP contribution in [0.3, 0.4) is 0 Å². The first-order chi connectivity index (χ1) is 10.8. The molecule has 0 aromatic heterocycles. The monoisotopic (exact) mass is 292 g/mol. The number of hydrogen-bond donors (Lipinski definition) is 0. The first-order valence-corrected chi connectivity index (χ1v) is 8.07. The van der Waals surface area contributed by atoms with E-state index in [1.807, 2.05) is 0 Å². The normalized spacial score (nSPS) is 16.3. The van der Waals surface area contributed by atoms with E-state index in [9.17, 15) is 0 Å². The second-order valence-electron chi connectivity index (χ2n) is 5.94. The van der Waals surface area contributed by atoms with Crippen molar-refractivity contribution in [2.75, 3.05) is 37.6 Å². The molecule has 0 saturated carbocycles. The Balaban J connectivity index is 1.47. The van der Waals surface area contributed by atoms with Crippen LogP contribution in [0.1, 0.15) is 11.1 Å². The van der Waals surface area contributed by atoms with E-state index in [4.69, 9.17) is 0 Å². The Morgan fingerprint density at radius 2 is 1.55 bits per heavy atom. The van der Waals surface area contributed by atoms with Crippen molar-refractivity contribution in [3.8, 4) is 0 Å². The lowest BCUT2D eigenvalue weighted by Gasteiger charge is -2.35. The smallest absolute Gasteiger partial charge is 0.0367 e. The average molecular weight is 292 g/mol. The quantitative estimate of drug-likeness (QED) is 0.845. The van der Waals surface area contributed by atoms with Gasteiger partial charge in [-0.05, 0) is 24.6 Å². The van der Waals surface area contributed by atoms with E-state index in [-0.39, 0.29) is 0 Å². The molecule has 2 aromatic carbocycles. The largest absolute Gasteiger partial charge is 0.369 e. The summed E-state index contributed by atoms with van der Waals surface area (Å²) in [6, 6.07) is 19.4. The van der Waals surface area contributed by atoms with Crippen molar-refractivity contribution < 1.29 is 0 Å². The summed E-state index contributed by atoms with van der Waals surface area (Å²) in [5.74, 6) is 0. The van der Waals surface area contributed by atoms with E-state index in [2.05, 4.69) is 83.5 Å². The zero-order valence-corrected chi connectivity index (χ0v) is 13.3. The number of nitrogens with zero attached hydrogens (tertiary/aromatic N) is 2. The van der Waals surface area contributed by atoms with Crippen LogP contribution in [0.4, 0.5) is 5.69 Å². The molecule has 114 valence electrons. The molecule has 2 heteroatoms. The van der Waals surface area contributed by atoms with E-state index in [1.165, 1.54) is 16.8 Å². The van der Waals surface area contributed by atoms with Crippen molar-refractivity contribution in [2.24, 2.45) is 0 Å². The summed E-state index contributed by atoms with van der Waals surface area (Å²) in [5.41, 5.74) is 3.96. The van der Waals surface area contributed by atoms with Gasteiger partial charge in [0.15, 0.2) is 0 Å². The lowest BCUT2D eigenvalue weighted by atomic mass is 10.2. The maximum absolute atomic E-state index is 2.52. The number of rotatable bonds is 4. The fourth-order valence-electron chi connectivity index (χ4n) is 2.85. The summed E-state index contributed by atoms with van der Waals surface area (Å²) in [4.78, 5) is 5.00. The molecule has 2 nitrogen and oxygen atoms in total. The molecule has 1 aliphatic rings. The highest BCUT2D eigenvalue weighted by Gasteiger charge is 2.15. The highest BCUT2D eigenvalue weighted by atomic mass is 15.3. The summed E-state index contributed by atoms with van der Waals surface area (Å²) in [6.45, 7) is 7.67. The molecular formula is C20H24N2. The van der Waals surface area contributed by atoms with Crippen LogP contribution >= 0.6 is 0 Å². The molecule has 0 spiro atoms. The summed E-state index contributed by atoms with van der Waals surface area (Å²) in [6.07, 6.45) is 4.49. The number of aryl methyl sites for hydroxylation is 1. The lowest BCUT2D eigenvalue weighted by Crippen LogP contribution is -2.46. The standard InChI is InChI=1S/C20H24N2/c1-18-9-11-20(12-10-18)22-16-14-21(15-17-22)13-5-8-19-6-3-2-4-7-19/h2-12H,13-17H2,1H3. The fourth-order valence-corrected chi connectivity index (χ4v) is 2.85. The van der Waals surface area contributed by atoms with Crippen LogP contribution in [0.2, 0.25) is 0 Å². The van der Waals surface area contributed by atoms with Crippen LogP contribution in [0.15, 0.2) is 60.7 Å². The zero-order chi connectivity index (χ0) is 15.2. The predicted octanol–water partition coefficient (Wildman–Crippen LogP) is 3.83. The highest BCUT2D eigenvalue weighted by Crippen LogP contribution is 2.17.